The lowest BCUT2D eigenvalue weighted by Gasteiger charge is -2.26. The predicted molar refractivity (Wildman–Crippen MR) is 191 cm³/mol. The molecule has 1 atom stereocenters. The number of amides is 1. The van der Waals surface area contributed by atoms with Crippen LogP contribution in [0.4, 0.5) is 5.82 Å². The van der Waals surface area contributed by atoms with Gasteiger partial charge in [-0.1, -0.05) is 33.8 Å². The van der Waals surface area contributed by atoms with Crippen molar-refractivity contribution in [1.29, 1.82) is 0 Å². The number of hydrogen-bond acceptors (Lipinski definition) is 7. The van der Waals surface area contributed by atoms with E-state index in [1.807, 2.05) is 40.9 Å². The second-order valence-electron chi connectivity index (χ2n) is 11.2. The van der Waals surface area contributed by atoms with Crippen LogP contribution in [0, 0.1) is 11.8 Å². The number of nitrogen functional groups attached to an aromatic ring is 1. The van der Waals surface area contributed by atoms with E-state index < -0.39 is 11.9 Å². The zero-order valence-electron chi connectivity index (χ0n) is 26.2. The summed E-state index contributed by atoms with van der Waals surface area (Å²) < 4.78 is 4.76. The van der Waals surface area contributed by atoms with Crippen molar-refractivity contribution in [2.75, 3.05) is 5.73 Å². The third kappa shape index (κ3) is 4.90. The Morgan fingerprint density at radius 1 is 0.978 bits per heavy atom. The number of carbonyl (C=O) groups excluding carboxylic acids is 1. The number of aryl methyl sites for hydroxylation is 1. The third-order valence-corrected chi connectivity index (χ3v) is 8.64. The van der Waals surface area contributed by atoms with Gasteiger partial charge in [-0.25, -0.2) is 14.5 Å². The Labute approximate surface area is 263 Å². The molecule has 4 heterocycles. The Balaban J connectivity index is 1.59. The van der Waals surface area contributed by atoms with Crippen molar-refractivity contribution in [2.45, 2.75) is 13.0 Å². The monoisotopic (exact) mass is 589 g/mol. The highest BCUT2D eigenvalue weighted by molar-refractivity contribution is 6.68. The molecule has 3 N–H and O–H groups in total. The van der Waals surface area contributed by atoms with E-state index >= 15 is 0 Å². The van der Waals surface area contributed by atoms with E-state index in [-0.39, 0.29) is 16.9 Å². The second-order valence-corrected chi connectivity index (χ2v) is 11.2. The first kappa shape index (κ1) is 29.6. The summed E-state index contributed by atoms with van der Waals surface area (Å²) in [6.07, 6.45) is 4.92. The van der Waals surface area contributed by atoms with Crippen molar-refractivity contribution >= 4 is 94.8 Å². The summed E-state index contributed by atoms with van der Waals surface area (Å²) in [5.41, 5.74) is 14.0. The normalized spacial score (nSPS) is 11.8. The Bertz CT molecular complexity index is 2290. The summed E-state index contributed by atoms with van der Waals surface area (Å²) in [5.74, 6) is 6.24. The van der Waals surface area contributed by atoms with Gasteiger partial charge >= 0.3 is 0 Å². The first-order chi connectivity index (χ1) is 21.5. The summed E-state index contributed by atoms with van der Waals surface area (Å²) in [5, 5.41) is 11.8. The maximum absolute atomic E-state index is 14.7. The van der Waals surface area contributed by atoms with Crippen molar-refractivity contribution in [1.82, 2.24) is 39.2 Å². The van der Waals surface area contributed by atoms with Crippen LogP contribution in [0.2, 0.25) is 0 Å². The van der Waals surface area contributed by atoms with Gasteiger partial charge in [-0.15, -0.1) is 10.6 Å². The van der Waals surface area contributed by atoms with Crippen LogP contribution >= 0.6 is 0 Å². The van der Waals surface area contributed by atoms with Crippen LogP contribution < -0.4 is 43.9 Å². The number of rotatable bonds is 4. The number of anilines is 1. The number of nitrogens with one attached hydrogen (secondary N) is 1. The summed E-state index contributed by atoms with van der Waals surface area (Å²) >= 11 is 0. The van der Waals surface area contributed by atoms with Crippen molar-refractivity contribution in [3.63, 3.8) is 0 Å². The largest absolute Gasteiger partial charge is 0.381 e. The topological polar surface area (TPSA) is 138 Å². The van der Waals surface area contributed by atoms with Gasteiger partial charge in [0.1, 0.15) is 56.3 Å². The van der Waals surface area contributed by atoms with E-state index in [2.05, 4.69) is 55.9 Å². The number of benzene rings is 2. The molecule has 1 unspecified atom stereocenters. The van der Waals surface area contributed by atoms with Gasteiger partial charge in [0.05, 0.1) is 23.1 Å². The SMILES string of the molecule is Bc1c(B)c(B)c(-n2c(C(C)NC(=O)c3c(N)nn4cccnc34)nc3cccc(C#Cc4ccnn4C)c3c2=O)c(B)c1B. The van der Waals surface area contributed by atoms with Crippen LogP contribution in [0.3, 0.4) is 0 Å². The number of carbonyl (C=O) groups is 1. The van der Waals surface area contributed by atoms with Gasteiger partial charge in [-0.2, -0.15) is 5.10 Å². The van der Waals surface area contributed by atoms with Crippen LogP contribution in [-0.4, -0.2) is 79.1 Å². The minimum Gasteiger partial charge on any atom is -0.381 e. The van der Waals surface area contributed by atoms with Crippen LogP contribution in [0.5, 0.6) is 0 Å². The van der Waals surface area contributed by atoms with Crippen molar-refractivity contribution < 1.29 is 4.79 Å². The minimum absolute atomic E-state index is 0.0513. The molecule has 0 fully saturated rings. The Morgan fingerprint density at radius 2 is 1.69 bits per heavy atom. The molecule has 2 aromatic carbocycles. The van der Waals surface area contributed by atoms with Gasteiger partial charge in [0, 0.05) is 30.7 Å². The molecule has 11 nitrogen and oxygen atoms in total. The quantitative estimate of drug-likeness (QED) is 0.155. The van der Waals surface area contributed by atoms with E-state index in [4.69, 9.17) is 10.7 Å². The molecule has 4 aromatic heterocycles. The summed E-state index contributed by atoms with van der Waals surface area (Å²) in [4.78, 5) is 37.7. The van der Waals surface area contributed by atoms with Gasteiger partial charge in [0.2, 0.25) is 0 Å². The van der Waals surface area contributed by atoms with Crippen molar-refractivity contribution in [3.8, 4) is 17.5 Å². The van der Waals surface area contributed by atoms with Gasteiger partial charge in [-0.3, -0.25) is 18.8 Å². The molecule has 6 aromatic rings. The maximum Gasteiger partial charge on any atom is 0.267 e. The van der Waals surface area contributed by atoms with E-state index in [0.717, 1.165) is 33.0 Å². The van der Waals surface area contributed by atoms with Crippen LogP contribution in [0.25, 0.3) is 22.2 Å². The Kier molecular flexibility index (Phi) is 7.40. The average Bonchev–Trinajstić information content (AvgIpc) is 3.59. The fraction of sp³-hybridized carbons (Fsp3) is 0.103. The van der Waals surface area contributed by atoms with E-state index in [1.165, 1.54) is 4.52 Å². The van der Waals surface area contributed by atoms with Crippen LogP contribution in [-0.2, 0) is 7.05 Å². The Morgan fingerprint density at radius 3 is 2.38 bits per heavy atom. The molecule has 0 radical (unpaired) electrons. The fourth-order valence-electron chi connectivity index (χ4n) is 5.76. The second kappa shape index (κ2) is 11.2. The highest BCUT2D eigenvalue weighted by Gasteiger charge is 2.26. The molecule has 0 aliphatic rings. The molecule has 1 amide bonds. The summed E-state index contributed by atoms with van der Waals surface area (Å²) in [6.45, 7) is 1.79. The van der Waals surface area contributed by atoms with Crippen molar-refractivity contribution in [2.24, 2.45) is 7.05 Å². The first-order valence-corrected chi connectivity index (χ1v) is 14.5. The molecular formula is C29H28B5N9O2. The molecule has 216 valence electrons. The molecule has 0 saturated carbocycles. The van der Waals surface area contributed by atoms with Gasteiger partial charge in [-0.05, 0) is 37.1 Å². The van der Waals surface area contributed by atoms with Crippen LogP contribution in [0.15, 0.2) is 53.7 Å². The molecule has 0 spiro atoms. The lowest BCUT2D eigenvalue weighted by Crippen LogP contribution is -2.57. The Hall–Kier alpha value is -5.44. The lowest BCUT2D eigenvalue weighted by atomic mass is 9.61. The van der Waals surface area contributed by atoms with Crippen LogP contribution in [0.1, 0.15) is 40.4 Å². The minimum atomic E-state index is -0.711. The molecule has 6 rings (SSSR count). The standard InChI is InChI=1S/C29H28B5N9O2/c1-13(38-28(44)18-25(35)40-42-12-4-10-36-27(18)42)26-39-16-6-3-5-14(7-8-15-9-11-37-41(15)2)17(16)29(45)43(26)24-22(33)20(31)19(30)21(32)23(24)34/h3-6,9-13H,30-34H2,1-2H3,(H2,35,40)(H,38,44). The smallest absolute Gasteiger partial charge is 0.267 e. The number of nitrogens with zero attached hydrogens (tertiary/aromatic N) is 7. The summed E-state index contributed by atoms with van der Waals surface area (Å²) in [6, 6.07) is 8.23. The number of fused-ring (bicyclic) bond motifs is 2. The zero-order valence-corrected chi connectivity index (χ0v) is 26.2. The zero-order chi connectivity index (χ0) is 32.2. The number of hydrogen-bond donors (Lipinski definition) is 2. The fourth-order valence-corrected chi connectivity index (χ4v) is 5.76. The molecular weight excluding hydrogens is 560 g/mol. The average molecular weight is 589 g/mol. The highest BCUT2D eigenvalue weighted by Crippen LogP contribution is 2.21. The molecule has 45 heavy (non-hydrogen) atoms. The molecule has 0 bridgehead atoms. The van der Waals surface area contributed by atoms with E-state index in [0.29, 0.717) is 33.6 Å². The van der Waals surface area contributed by atoms with Gasteiger partial charge in [0.15, 0.2) is 11.5 Å². The molecule has 0 aliphatic heterocycles. The maximum atomic E-state index is 14.7. The molecule has 0 aliphatic carbocycles. The first-order valence-electron chi connectivity index (χ1n) is 14.5. The lowest BCUT2D eigenvalue weighted by molar-refractivity contribution is 0.0940. The van der Waals surface area contributed by atoms with Gasteiger partial charge < -0.3 is 11.1 Å². The molecule has 0 saturated heterocycles. The molecule has 16 heteroatoms. The highest BCUT2D eigenvalue weighted by atomic mass is 16.2. The summed E-state index contributed by atoms with van der Waals surface area (Å²) in [7, 11) is 12.0. The third-order valence-electron chi connectivity index (χ3n) is 8.64. The van der Waals surface area contributed by atoms with Crippen molar-refractivity contribution in [3.05, 3.63) is 81.9 Å². The number of nitrogens with two attached hydrogens (primary N) is 1. The van der Waals surface area contributed by atoms with E-state index in [1.54, 1.807) is 46.9 Å². The predicted octanol–water partition coefficient (Wildman–Crippen LogP) is -6.07. The van der Waals surface area contributed by atoms with Gasteiger partial charge in [0.25, 0.3) is 11.5 Å². The van der Waals surface area contributed by atoms with E-state index in [9.17, 15) is 9.59 Å². The number of aromatic nitrogens is 7.